The van der Waals surface area contributed by atoms with Crippen molar-refractivity contribution in [1.82, 2.24) is 0 Å². The average molecular weight is 224 g/mol. The Hall–Kier alpha value is -1.78. The van der Waals surface area contributed by atoms with Gasteiger partial charge in [-0.05, 0) is 18.6 Å². The van der Waals surface area contributed by atoms with Crippen molar-refractivity contribution in [3.8, 4) is 5.75 Å². The normalized spacial score (nSPS) is 9.88. The van der Waals surface area contributed by atoms with Gasteiger partial charge in [0.2, 0.25) is 0 Å². The van der Waals surface area contributed by atoms with Crippen molar-refractivity contribution < 1.29 is 9.66 Å². The second-order valence-corrected chi connectivity index (χ2v) is 3.42. The molecule has 0 amide bonds. The van der Waals surface area contributed by atoms with Crippen LogP contribution in [0.5, 0.6) is 5.75 Å². The predicted octanol–water partition coefficient (Wildman–Crippen LogP) is 2.82. The largest absolute Gasteiger partial charge is 0.496 e. The summed E-state index contributed by atoms with van der Waals surface area (Å²) in [5.41, 5.74) is 0.592. The van der Waals surface area contributed by atoms with E-state index in [9.17, 15) is 10.1 Å². The number of hydrogen-bond acceptors (Lipinski definition) is 4. The molecule has 0 bridgehead atoms. The Labute approximate surface area is 94.6 Å². The first-order valence-electron chi connectivity index (χ1n) is 5.25. The average Bonchev–Trinajstić information content (AvgIpc) is 2.29. The zero-order chi connectivity index (χ0) is 12.0. The highest BCUT2D eigenvalue weighted by Crippen LogP contribution is 2.28. The maximum Gasteiger partial charge on any atom is 0.296 e. The van der Waals surface area contributed by atoms with Crippen LogP contribution in [0.2, 0.25) is 0 Å². The summed E-state index contributed by atoms with van der Waals surface area (Å²) in [5.74, 6) is 0.493. The molecule has 0 aliphatic carbocycles. The smallest absolute Gasteiger partial charge is 0.296 e. The van der Waals surface area contributed by atoms with Crippen LogP contribution in [0.3, 0.4) is 0 Å². The van der Waals surface area contributed by atoms with Gasteiger partial charge in [0.15, 0.2) is 0 Å². The maximum absolute atomic E-state index is 10.8. The molecule has 1 aromatic rings. The summed E-state index contributed by atoms with van der Waals surface area (Å²) in [6.07, 6.45) is 2.04. The minimum atomic E-state index is -0.406. The zero-order valence-electron chi connectivity index (χ0n) is 9.53. The monoisotopic (exact) mass is 224 g/mol. The van der Waals surface area contributed by atoms with Crippen LogP contribution in [0, 0.1) is 10.1 Å². The fourth-order valence-corrected chi connectivity index (χ4v) is 1.34. The molecule has 0 saturated heterocycles. The minimum absolute atomic E-state index is 0.0513. The van der Waals surface area contributed by atoms with Crippen molar-refractivity contribution in [1.29, 1.82) is 0 Å². The topological polar surface area (TPSA) is 64.4 Å². The molecule has 0 aromatic heterocycles. The summed E-state index contributed by atoms with van der Waals surface area (Å²) < 4.78 is 4.95. The molecule has 0 atom stereocenters. The summed E-state index contributed by atoms with van der Waals surface area (Å²) in [6, 6.07) is 4.81. The molecule has 0 aliphatic heterocycles. The number of rotatable bonds is 6. The van der Waals surface area contributed by atoms with Crippen molar-refractivity contribution in [2.75, 3.05) is 19.0 Å². The molecular weight excluding hydrogens is 208 g/mol. The number of nitro benzene ring substituents is 1. The molecule has 1 rings (SSSR count). The number of nitrogens with zero attached hydrogens (tertiary/aromatic N) is 1. The Morgan fingerprint density at radius 1 is 1.50 bits per heavy atom. The molecule has 0 heterocycles. The Balaban J connectivity index is 2.85. The first-order chi connectivity index (χ1) is 7.69. The van der Waals surface area contributed by atoms with Gasteiger partial charge in [0.25, 0.3) is 5.69 Å². The second kappa shape index (κ2) is 5.95. The van der Waals surface area contributed by atoms with E-state index in [-0.39, 0.29) is 5.69 Å². The maximum atomic E-state index is 10.8. The Kier molecular flexibility index (Phi) is 4.57. The van der Waals surface area contributed by atoms with E-state index in [2.05, 4.69) is 12.2 Å². The molecule has 16 heavy (non-hydrogen) atoms. The SMILES string of the molecule is CCCCNc1ccc(OC)cc1[N+](=O)[O-]. The molecule has 0 saturated carbocycles. The van der Waals surface area contributed by atoms with Gasteiger partial charge in [0, 0.05) is 6.54 Å². The standard InChI is InChI=1S/C11H16N2O3/c1-3-4-7-12-10-6-5-9(16-2)8-11(10)13(14)15/h5-6,8,12H,3-4,7H2,1-2H3. The van der Waals surface area contributed by atoms with Crippen LogP contribution >= 0.6 is 0 Å². The van der Waals surface area contributed by atoms with Crippen LogP contribution in [0.1, 0.15) is 19.8 Å². The van der Waals surface area contributed by atoms with E-state index in [4.69, 9.17) is 4.74 Å². The molecule has 0 aliphatic rings. The molecule has 5 heteroatoms. The van der Waals surface area contributed by atoms with Crippen LogP contribution in [-0.4, -0.2) is 18.6 Å². The van der Waals surface area contributed by atoms with Crippen molar-refractivity contribution >= 4 is 11.4 Å². The number of nitrogens with one attached hydrogen (secondary N) is 1. The lowest BCUT2D eigenvalue weighted by atomic mass is 10.2. The van der Waals surface area contributed by atoms with Gasteiger partial charge in [-0.25, -0.2) is 0 Å². The summed E-state index contributed by atoms with van der Waals surface area (Å²) in [5, 5.41) is 13.9. The molecule has 0 spiro atoms. The van der Waals surface area contributed by atoms with E-state index in [1.165, 1.54) is 13.2 Å². The van der Waals surface area contributed by atoms with Gasteiger partial charge in [-0.1, -0.05) is 13.3 Å². The van der Waals surface area contributed by atoms with E-state index in [1.54, 1.807) is 12.1 Å². The molecule has 5 nitrogen and oxygen atoms in total. The number of benzene rings is 1. The fourth-order valence-electron chi connectivity index (χ4n) is 1.34. The summed E-state index contributed by atoms with van der Waals surface area (Å²) in [6.45, 7) is 2.81. The van der Waals surface area contributed by atoms with Crippen molar-refractivity contribution in [3.05, 3.63) is 28.3 Å². The molecule has 88 valence electrons. The van der Waals surface area contributed by atoms with Gasteiger partial charge < -0.3 is 10.1 Å². The lowest BCUT2D eigenvalue weighted by Gasteiger charge is -2.07. The van der Waals surface area contributed by atoms with Crippen molar-refractivity contribution in [2.45, 2.75) is 19.8 Å². The second-order valence-electron chi connectivity index (χ2n) is 3.42. The van der Waals surface area contributed by atoms with Gasteiger partial charge in [-0.3, -0.25) is 10.1 Å². The Morgan fingerprint density at radius 3 is 2.81 bits per heavy atom. The highest BCUT2D eigenvalue weighted by atomic mass is 16.6. The van der Waals surface area contributed by atoms with Crippen LogP contribution in [0.4, 0.5) is 11.4 Å². The molecule has 0 radical (unpaired) electrons. The Morgan fingerprint density at radius 2 is 2.25 bits per heavy atom. The number of methoxy groups -OCH3 is 1. The highest BCUT2D eigenvalue weighted by Gasteiger charge is 2.14. The number of unbranched alkanes of at least 4 members (excludes halogenated alkanes) is 1. The molecule has 1 aromatic carbocycles. The summed E-state index contributed by atoms with van der Waals surface area (Å²) in [4.78, 5) is 10.4. The highest BCUT2D eigenvalue weighted by molar-refractivity contribution is 5.63. The third kappa shape index (κ3) is 3.12. The van der Waals surface area contributed by atoms with E-state index >= 15 is 0 Å². The van der Waals surface area contributed by atoms with Crippen molar-refractivity contribution in [3.63, 3.8) is 0 Å². The van der Waals surface area contributed by atoms with E-state index in [1.807, 2.05) is 0 Å². The van der Waals surface area contributed by atoms with Crippen LogP contribution in [0.15, 0.2) is 18.2 Å². The molecule has 0 fully saturated rings. The van der Waals surface area contributed by atoms with Gasteiger partial charge >= 0.3 is 0 Å². The van der Waals surface area contributed by atoms with Crippen molar-refractivity contribution in [2.24, 2.45) is 0 Å². The van der Waals surface area contributed by atoms with E-state index < -0.39 is 4.92 Å². The third-order valence-electron chi connectivity index (χ3n) is 2.25. The van der Waals surface area contributed by atoms with E-state index in [0.717, 1.165) is 19.4 Å². The van der Waals surface area contributed by atoms with Gasteiger partial charge in [-0.15, -0.1) is 0 Å². The molecular formula is C11H16N2O3. The van der Waals surface area contributed by atoms with Gasteiger partial charge in [0.05, 0.1) is 18.1 Å². The fraction of sp³-hybridized carbons (Fsp3) is 0.455. The quantitative estimate of drug-likeness (QED) is 0.458. The number of ether oxygens (including phenoxy) is 1. The van der Waals surface area contributed by atoms with Crippen LogP contribution < -0.4 is 10.1 Å². The zero-order valence-corrected chi connectivity index (χ0v) is 9.53. The number of nitro groups is 1. The molecule has 1 N–H and O–H groups in total. The Bertz CT molecular complexity index is 366. The summed E-state index contributed by atoms with van der Waals surface area (Å²) in [7, 11) is 1.49. The van der Waals surface area contributed by atoms with Crippen LogP contribution in [-0.2, 0) is 0 Å². The lowest BCUT2D eigenvalue weighted by molar-refractivity contribution is -0.384. The first kappa shape index (κ1) is 12.3. The number of hydrogen-bond donors (Lipinski definition) is 1. The van der Waals surface area contributed by atoms with Crippen LogP contribution in [0.25, 0.3) is 0 Å². The van der Waals surface area contributed by atoms with E-state index in [0.29, 0.717) is 11.4 Å². The van der Waals surface area contributed by atoms with Gasteiger partial charge in [-0.2, -0.15) is 0 Å². The lowest BCUT2D eigenvalue weighted by Crippen LogP contribution is -2.04. The third-order valence-corrected chi connectivity index (χ3v) is 2.25. The minimum Gasteiger partial charge on any atom is -0.496 e. The predicted molar refractivity (Wildman–Crippen MR) is 63.0 cm³/mol. The first-order valence-corrected chi connectivity index (χ1v) is 5.25. The molecule has 0 unspecified atom stereocenters. The summed E-state index contributed by atoms with van der Waals surface area (Å²) >= 11 is 0. The number of anilines is 1. The van der Waals surface area contributed by atoms with Gasteiger partial charge in [0.1, 0.15) is 11.4 Å².